The second-order valence-electron chi connectivity index (χ2n) is 7.93. The Hall–Kier alpha value is -3.78. The number of imidazole rings is 1. The molecule has 8 heteroatoms. The summed E-state index contributed by atoms with van der Waals surface area (Å²) in [5, 5.41) is 6.66. The number of carbonyl (C=O) groups excluding carboxylic acids is 2. The van der Waals surface area contributed by atoms with Gasteiger partial charge in [0.25, 0.3) is 11.8 Å². The molecule has 0 saturated heterocycles. The van der Waals surface area contributed by atoms with Gasteiger partial charge in [-0.15, -0.1) is 0 Å². The predicted molar refractivity (Wildman–Crippen MR) is 131 cm³/mol. The van der Waals surface area contributed by atoms with Crippen molar-refractivity contribution in [3.8, 4) is 0 Å². The second kappa shape index (κ2) is 10.9. The molecule has 2 aromatic heterocycles. The largest absolute Gasteiger partial charge is 0.455 e. The van der Waals surface area contributed by atoms with Crippen LogP contribution in [-0.4, -0.2) is 21.4 Å². The summed E-state index contributed by atoms with van der Waals surface area (Å²) in [6, 6.07) is 18.7. The summed E-state index contributed by atoms with van der Waals surface area (Å²) < 4.78 is 7.61. The molecule has 0 radical (unpaired) electrons. The smallest absolute Gasteiger partial charge is 0.287 e. The highest BCUT2D eigenvalue weighted by molar-refractivity contribution is 7.98. The van der Waals surface area contributed by atoms with Crippen LogP contribution in [0.25, 0.3) is 0 Å². The first-order valence-corrected chi connectivity index (χ1v) is 11.9. The van der Waals surface area contributed by atoms with Crippen LogP contribution in [0.5, 0.6) is 0 Å². The van der Waals surface area contributed by atoms with Crippen molar-refractivity contribution in [2.75, 3.05) is 0 Å². The Kier molecular flexibility index (Phi) is 7.49. The maximum Gasteiger partial charge on any atom is 0.287 e. The number of aryl methyl sites for hydroxylation is 2. The Morgan fingerprint density at radius 2 is 1.74 bits per heavy atom. The molecule has 0 aliphatic rings. The highest BCUT2D eigenvalue weighted by Gasteiger charge is 2.13. The molecule has 0 unspecified atom stereocenters. The van der Waals surface area contributed by atoms with Gasteiger partial charge in [0.1, 0.15) is 5.76 Å². The normalized spacial score (nSPS) is 10.8. The number of thioether (sulfide) groups is 1. The zero-order valence-electron chi connectivity index (χ0n) is 19.1. The van der Waals surface area contributed by atoms with Crippen molar-refractivity contribution in [3.63, 3.8) is 0 Å². The topological polar surface area (TPSA) is 89.2 Å². The minimum Gasteiger partial charge on any atom is -0.455 e. The minimum absolute atomic E-state index is 0.158. The van der Waals surface area contributed by atoms with Crippen LogP contribution in [0.3, 0.4) is 0 Å². The minimum atomic E-state index is -0.303. The molecule has 2 heterocycles. The molecule has 0 aliphatic heterocycles. The van der Waals surface area contributed by atoms with Gasteiger partial charge in [0, 0.05) is 38.1 Å². The van der Waals surface area contributed by atoms with Crippen molar-refractivity contribution in [3.05, 3.63) is 107 Å². The number of hydrogen-bond acceptors (Lipinski definition) is 5. The van der Waals surface area contributed by atoms with Crippen molar-refractivity contribution in [2.24, 2.45) is 7.05 Å². The molecule has 2 N–H and O–H groups in total. The highest BCUT2D eigenvalue weighted by Crippen LogP contribution is 2.22. The Labute approximate surface area is 202 Å². The summed E-state index contributed by atoms with van der Waals surface area (Å²) in [6.07, 6.45) is 3.62. The van der Waals surface area contributed by atoms with Crippen LogP contribution < -0.4 is 10.6 Å². The zero-order chi connectivity index (χ0) is 23.9. The van der Waals surface area contributed by atoms with E-state index in [2.05, 4.69) is 15.6 Å². The molecule has 0 bridgehead atoms. The third-order valence-electron chi connectivity index (χ3n) is 5.22. The first-order valence-electron chi connectivity index (χ1n) is 10.9. The molecular formula is C26H26N4O3S. The number of nitrogens with zero attached hydrogens (tertiary/aromatic N) is 2. The SMILES string of the molecule is Cc1ccc(CNC(=O)c2cccc(CNC(=O)c3ccc(CSc4nccn4C)o3)c2)cc1. The molecule has 4 aromatic rings. The van der Waals surface area contributed by atoms with E-state index < -0.39 is 0 Å². The van der Waals surface area contributed by atoms with E-state index in [0.717, 1.165) is 16.3 Å². The van der Waals surface area contributed by atoms with E-state index in [-0.39, 0.29) is 24.1 Å². The summed E-state index contributed by atoms with van der Waals surface area (Å²) in [5.41, 5.74) is 3.59. The van der Waals surface area contributed by atoms with Crippen LogP contribution in [0.2, 0.25) is 0 Å². The van der Waals surface area contributed by atoms with Gasteiger partial charge >= 0.3 is 0 Å². The van der Waals surface area contributed by atoms with E-state index >= 15 is 0 Å². The van der Waals surface area contributed by atoms with Crippen LogP contribution in [0.4, 0.5) is 0 Å². The van der Waals surface area contributed by atoms with E-state index in [0.29, 0.717) is 23.6 Å². The fraction of sp³-hybridized carbons (Fsp3) is 0.192. The fourth-order valence-corrected chi connectivity index (χ4v) is 4.11. The van der Waals surface area contributed by atoms with Gasteiger partial charge < -0.3 is 19.6 Å². The number of carbonyl (C=O) groups is 2. The van der Waals surface area contributed by atoms with Crippen LogP contribution >= 0.6 is 11.8 Å². The first-order chi connectivity index (χ1) is 16.5. The summed E-state index contributed by atoms with van der Waals surface area (Å²) in [6.45, 7) is 2.77. The Morgan fingerprint density at radius 3 is 2.50 bits per heavy atom. The standard InChI is InChI=1S/C26H26N4O3S/c1-18-6-8-19(9-7-18)15-28-24(31)21-5-3-4-20(14-21)16-29-25(32)23-11-10-22(33-23)17-34-26-27-12-13-30(26)2/h3-14H,15-17H2,1-2H3,(H,28,31)(H,29,32). The maximum atomic E-state index is 12.5. The van der Waals surface area contributed by atoms with Crippen molar-refractivity contribution in [1.82, 2.24) is 20.2 Å². The van der Waals surface area contributed by atoms with Crippen LogP contribution in [0.1, 0.15) is 43.4 Å². The first kappa shape index (κ1) is 23.4. The highest BCUT2D eigenvalue weighted by atomic mass is 32.2. The van der Waals surface area contributed by atoms with Gasteiger partial charge in [0.05, 0.1) is 5.75 Å². The molecular weight excluding hydrogens is 448 g/mol. The Balaban J connectivity index is 1.28. The van der Waals surface area contributed by atoms with Crippen molar-refractivity contribution in [1.29, 1.82) is 0 Å². The fourth-order valence-electron chi connectivity index (χ4n) is 3.29. The molecule has 0 aliphatic carbocycles. The Morgan fingerprint density at radius 1 is 0.971 bits per heavy atom. The number of nitrogens with one attached hydrogen (secondary N) is 2. The quantitative estimate of drug-likeness (QED) is 0.349. The third kappa shape index (κ3) is 6.17. The Bertz CT molecular complexity index is 1280. The lowest BCUT2D eigenvalue weighted by molar-refractivity contribution is 0.0921. The molecule has 2 aromatic carbocycles. The zero-order valence-corrected chi connectivity index (χ0v) is 19.9. The third-order valence-corrected chi connectivity index (χ3v) is 6.30. The monoisotopic (exact) mass is 474 g/mol. The second-order valence-corrected chi connectivity index (χ2v) is 8.87. The van der Waals surface area contributed by atoms with Gasteiger partial charge in [-0.05, 0) is 42.3 Å². The molecule has 4 rings (SSSR count). The van der Waals surface area contributed by atoms with Gasteiger partial charge in [0.2, 0.25) is 0 Å². The molecule has 0 fully saturated rings. The lowest BCUT2D eigenvalue weighted by Gasteiger charge is -2.08. The van der Waals surface area contributed by atoms with Crippen LogP contribution in [0.15, 0.2) is 82.6 Å². The van der Waals surface area contributed by atoms with E-state index in [1.165, 1.54) is 17.3 Å². The summed E-state index contributed by atoms with van der Waals surface area (Å²) >= 11 is 1.54. The van der Waals surface area contributed by atoms with E-state index in [1.54, 1.807) is 30.5 Å². The van der Waals surface area contributed by atoms with E-state index in [1.807, 2.05) is 61.1 Å². The maximum absolute atomic E-state index is 12.5. The van der Waals surface area contributed by atoms with Gasteiger partial charge in [-0.25, -0.2) is 4.98 Å². The van der Waals surface area contributed by atoms with Crippen molar-refractivity contribution in [2.45, 2.75) is 30.9 Å². The van der Waals surface area contributed by atoms with Crippen LogP contribution in [0, 0.1) is 6.92 Å². The summed E-state index contributed by atoms with van der Waals surface area (Å²) in [4.78, 5) is 29.3. The number of furan rings is 1. The van der Waals surface area contributed by atoms with E-state index in [9.17, 15) is 9.59 Å². The van der Waals surface area contributed by atoms with Crippen LogP contribution in [-0.2, 0) is 25.9 Å². The molecule has 0 atom stereocenters. The number of amides is 2. The average Bonchev–Trinajstić information content (AvgIpc) is 3.49. The van der Waals surface area contributed by atoms with E-state index in [4.69, 9.17) is 4.42 Å². The average molecular weight is 475 g/mol. The van der Waals surface area contributed by atoms with Crippen molar-refractivity contribution < 1.29 is 14.0 Å². The number of aromatic nitrogens is 2. The van der Waals surface area contributed by atoms with Gasteiger partial charge in [-0.3, -0.25) is 9.59 Å². The number of benzene rings is 2. The molecule has 0 saturated carbocycles. The number of hydrogen-bond donors (Lipinski definition) is 2. The molecule has 0 spiro atoms. The lowest BCUT2D eigenvalue weighted by atomic mass is 10.1. The lowest BCUT2D eigenvalue weighted by Crippen LogP contribution is -2.24. The predicted octanol–water partition coefficient (Wildman–Crippen LogP) is 4.47. The molecule has 7 nitrogen and oxygen atoms in total. The number of rotatable bonds is 9. The summed E-state index contributed by atoms with van der Waals surface area (Å²) in [5.74, 6) is 1.07. The molecule has 34 heavy (non-hydrogen) atoms. The van der Waals surface area contributed by atoms with Crippen molar-refractivity contribution >= 4 is 23.6 Å². The van der Waals surface area contributed by atoms with Gasteiger partial charge in [0.15, 0.2) is 10.9 Å². The molecule has 174 valence electrons. The van der Waals surface area contributed by atoms with Gasteiger partial charge in [-0.2, -0.15) is 0 Å². The van der Waals surface area contributed by atoms with Gasteiger partial charge in [-0.1, -0.05) is 53.7 Å². The molecule has 2 amide bonds. The summed E-state index contributed by atoms with van der Waals surface area (Å²) in [7, 11) is 1.93.